The van der Waals surface area contributed by atoms with Crippen LogP contribution in [0, 0.1) is 11.7 Å². The van der Waals surface area contributed by atoms with Gasteiger partial charge in [0.15, 0.2) is 0 Å². The molecule has 0 saturated heterocycles. The minimum atomic E-state index is -3.13. The topological polar surface area (TPSA) is 102 Å². The van der Waals surface area contributed by atoms with Crippen LogP contribution < -0.4 is 11.1 Å². The third kappa shape index (κ3) is 3.89. The lowest BCUT2D eigenvalue weighted by atomic mass is 9.76. The summed E-state index contributed by atoms with van der Waals surface area (Å²) in [7, 11) is 0. The van der Waals surface area contributed by atoms with E-state index in [2.05, 4.69) is 20.3 Å². The molecule has 1 aromatic carbocycles. The van der Waals surface area contributed by atoms with Gasteiger partial charge < -0.3 is 15.8 Å². The van der Waals surface area contributed by atoms with E-state index >= 15 is 0 Å². The van der Waals surface area contributed by atoms with Gasteiger partial charge in [0.2, 0.25) is 0 Å². The van der Waals surface area contributed by atoms with Gasteiger partial charge in [-0.3, -0.25) is 4.79 Å². The summed E-state index contributed by atoms with van der Waals surface area (Å²) in [4.78, 5) is 23.9. The summed E-state index contributed by atoms with van der Waals surface area (Å²) < 4.78 is 62.6. The Bertz CT molecular complexity index is 1050. The monoisotopic (exact) mass is 457 g/mol. The van der Waals surface area contributed by atoms with Gasteiger partial charge in [0.1, 0.15) is 35.0 Å². The fraction of sp³-hybridized carbons (Fsp3) is 0.368. The molecule has 4 rings (SSSR count). The van der Waals surface area contributed by atoms with E-state index < -0.39 is 60.7 Å². The van der Waals surface area contributed by atoms with Crippen molar-refractivity contribution in [3.8, 4) is 0 Å². The zero-order valence-electron chi connectivity index (χ0n) is 15.8. The first-order valence-corrected chi connectivity index (χ1v) is 9.56. The van der Waals surface area contributed by atoms with E-state index in [0.717, 1.165) is 18.3 Å². The van der Waals surface area contributed by atoms with Crippen molar-refractivity contribution in [1.82, 2.24) is 9.97 Å². The molecule has 0 spiro atoms. The van der Waals surface area contributed by atoms with Crippen molar-refractivity contribution in [1.29, 1.82) is 0 Å². The minimum absolute atomic E-state index is 0.0701. The highest BCUT2D eigenvalue weighted by molar-refractivity contribution is 6.29. The van der Waals surface area contributed by atoms with Crippen molar-refractivity contribution < 1.29 is 27.1 Å². The van der Waals surface area contributed by atoms with Gasteiger partial charge in [-0.2, -0.15) is 0 Å². The Morgan fingerprint density at radius 3 is 2.74 bits per heavy atom. The van der Waals surface area contributed by atoms with Crippen LogP contribution >= 0.6 is 11.6 Å². The lowest BCUT2D eigenvalue weighted by molar-refractivity contribution is -0.00299. The molecular formula is C19H16ClF4N5O2. The standard InChI is InChI=1S/C19H16ClF4N5O2/c20-15-7-26-13(6-27-15)16(30)28-9-1-2-12(22)10(3-9)19(8-21)11-4-18(23,24)5-14(11)31-17(25)29-19/h1-3,6-7,11,14H,4-5,8H2,(H2,25,29)(H,28,30)/t11-,14+,19+/m0/s1. The SMILES string of the molecule is NC1=N[C@](CF)(c2cc(NC(=O)c3cnc(Cl)cn3)ccc2F)[C@H]2CC(F)(F)C[C@H]2O1. The molecule has 2 aromatic rings. The number of nitrogens with one attached hydrogen (secondary N) is 1. The maximum absolute atomic E-state index is 14.8. The summed E-state index contributed by atoms with van der Waals surface area (Å²) in [6.07, 6.45) is -0.229. The summed E-state index contributed by atoms with van der Waals surface area (Å²) in [5.41, 5.74) is 3.30. The van der Waals surface area contributed by atoms with E-state index in [1.165, 1.54) is 12.3 Å². The average Bonchev–Trinajstić information content (AvgIpc) is 3.03. The number of alkyl halides is 3. The summed E-state index contributed by atoms with van der Waals surface area (Å²) in [5.74, 6) is -5.85. The van der Waals surface area contributed by atoms with Crippen LogP contribution in [0.1, 0.15) is 28.9 Å². The van der Waals surface area contributed by atoms with Crippen LogP contribution in [0.15, 0.2) is 35.6 Å². The van der Waals surface area contributed by atoms with Gasteiger partial charge in [0.05, 0.1) is 12.4 Å². The number of fused-ring (bicyclic) bond motifs is 1. The molecule has 164 valence electrons. The van der Waals surface area contributed by atoms with Gasteiger partial charge in [0.25, 0.3) is 17.9 Å². The summed E-state index contributed by atoms with van der Waals surface area (Å²) in [6.45, 7) is -1.29. The highest BCUT2D eigenvalue weighted by Gasteiger charge is 2.60. The number of anilines is 1. The molecule has 3 N–H and O–H groups in total. The first-order chi connectivity index (χ1) is 14.6. The second-order valence-electron chi connectivity index (χ2n) is 7.41. The number of nitrogens with zero attached hydrogens (tertiary/aromatic N) is 3. The molecule has 1 fully saturated rings. The number of benzene rings is 1. The molecule has 12 heteroatoms. The first-order valence-electron chi connectivity index (χ1n) is 9.18. The lowest BCUT2D eigenvalue weighted by Crippen LogP contribution is -2.48. The molecule has 2 aliphatic rings. The molecule has 0 bridgehead atoms. The van der Waals surface area contributed by atoms with E-state index in [9.17, 15) is 22.4 Å². The van der Waals surface area contributed by atoms with Crippen molar-refractivity contribution >= 4 is 29.2 Å². The zero-order chi connectivity index (χ0) is 22.4. The number of aromatic nitrogens is 2. The van der Waals surface area contributed by atoms with Crippen molar-refractivity contribution in [2.24, 2.45) is 16.6 Å². The number of amidine groups is 1. The van der Waals surface area contributed by atoms with Crippen LogP contribution in [0.2, 0.25) is 5.15 Å². The van der Waals surface area contributed by atoms with Gasteiger partial charge in [0, 0.05) is 30.0 Å². The predicted octanol–water partition coefficient (Wildman–Crippen LogP) is 3.45. The van der Waals surface area contributed by atoms with E-state index in [4.69, 9.17) is 22.1 Å². The van der Waals surface area contributed by atoms with Gasteiger partial charge >= 0.3 is 0 Å². The Hall–Kier alpha value is -2.95. The van der Waals surface area contributed by atoms with Crippen LogP contribution in [-0.4, -0.2) is 40.6 Å². The number of hydrogen-bond acceptors (Lipinski definition) is 6. The summed E-state index contributed by atoms with van der Waals surface area (Å²) >= 11 is 5.64. The average molecular weight is 458 g/mol. The van der Waals surface area contributed by atoms with Crippen molar-refractivity contribution in [2.75, 3.05) is 12.0 Å². The molecule has 2 heterocycles. The minimum Gasteiger partial charge on any atom is -0.461 e. The van der Waals surface area contributed by atoms with Crippen molar-refractivity contribution in [3.05, 3.63) is 52.8 Å². The number of carbonyl (C=O) groups excluding carboxylic acids is 1. The maximum atomic E-state index is 14.8. The van der Waals surface area contributed by atoms with Crippen LogP contribution in [0.4, 0.5) is 23.2 Å². The molecule has 1 aliphatic carbocycles. The second kappa shape index (κ2) is 7.63. The Balaban J connectivity index is 1.72. The lowest BCUT2D eigenvalue weighted by Gasteiger charge is -2.40. The van der Waals surface area contributed by atoms with E-state index in [-0.39, 0.29) is 22.1 Å². The molecule has 1 aliphatic heterocycles. The number of carbonyl (C=O) groups is 1. The number of rotatable bonds is 4. The Morgan fingerprint density at radius 2 is 2.06 bits per heavy atom. The van der Waals surface area contributed by atoms with Crippen LogP contribution in [0.5, 0.6) is 0 Å². The first kappa shape index (κ1) is 21.3. The van der Waals surface area contributed by atoms with Crippen molar-refractivity contribution in [2.45, 2.75) is 30.4 Å². The van der Waals surface area contributed by atoms with E-state index in [1.807, 2.05) is 0 Å². The van der Waals surface area contributed by atoms with Crippen LogP contribution in [0.25, 0.3) is 0 Å². The van der Waals surface area contributed by atoms with Crippen LogP contribution in [-0.2, 0) is 10.3 Å². The predicted molar refractivity (Wildman–Crippen MR) is 103 cm³/mol. The summed E-state index contributed by atoms with van der Waals surface area (Å²) in [6, 6.07) is 2.87. The number of amides is 1. The van der Waals surface area contributed by atoms with Gasteiger partial charge in [-0.05, 0) is 18.2 Å². The van der Waals surface area contributed by atoms with E-state index in [0.29, 0.717) is 0 Å². The third-order valence-corrected chi connectivity index (χ3v) is 5.60. The highest BCUT2D eigenvalue weighted by atomic mass is 35.5. The number of hydrogen-bond donors (Lipinski definition) is 2. The molecule has 7 nitrogen and oxygen atoms in total. The number of halogens is 5. The molecular weight excluding hydrogens is 442 g/mol. The number of aliphatic imine (C=N–C) groups is 1. The molecule has 3 atom stereocenters. The Morgan fingerprint density at radius 1 is 1.29 bits per heavy atom. The second-order valence-corrected chi connectivity index (χ2v) is 7.80. The number of nitrogens with two attached hydrogens (primary N) is 1. The van der Waals surface area contributed by atoms with Crippen molar-refractivity contribution in [3.63, 3.8) is 0 Å². The molecule has 0 unspecified atom stereocenters. The van der Waals surface area contributed by atoms with Gasteiger partial charge in [-0.1, -0.05) is 11.6 Å². The molecule has 0 radical (unpaired) electrons. The number of ether oxygens (including phenoxy) is 1. The normalized spacial score (nSPS) is 26.5. The maximum Gasteiger partial charge on any atom is 0.283 e. The van der Waals surface area contributed by atoms with Gasteiger partial charge in [-0.25, -0.2) is 32.5 Å². The molecule has 31 heavy (non-hydrogen) atoms. The fourth-order valence-corrected chi connectivity index (χ4v) is 4.15. The third-order valence-electron chi connectivity index (χ3n) is 5.41. The molecule has 1 aromatic heterocycles. The fourth-order valence-electron chi connectivity index (χ4n) is 4.05. The smallest absolute Gasteiger partial charge is 0.283 e. The Kier molecular flexibility index (Phi) is 5.24. The Labute approximate surface area is 178 Å². The largest absolute Gasteiger partial charge is 0.461 e. The highest BCUT2D eigenvalue weighted by Crippen LogP contribution is 2.53. The zero-order valence-corrected chi connectivity index (χ0v) is 16.5. The summed E-state index contributed by atoms with van der Waals surface area (Å²) in [5, 5.41) is 2.57. The molecule has 1 saturated carbocycles. The molecule has 1 amide bonds. The van der Waals surface area contributed by atoms with E-state index in [1.54, 1.807) is 0 Å². The van der Waals surface area contributed by atoms with Crippen LogP contribution in [0.3, 0.4) is 0 Å². The quantitative estimate of drug-likeness (QED) is 0.685. The van der Waals surface area contributed by atoms with Gasteiger partial charge in [-0.15, -0.1) is 0 Å².